The molecule has 0 aromatic carbocycles. The SMILES string of the molecule is N#CC(CC1CCCCC1)OCCO. The van der Waals surface area contributed by atoms with Crippen LogP contribution in [0.4, 0.5) is 0 Å². The van der Waals surface area contributed by atoms with Crippen molar-refractivity contribution >= 4 is 0 Å². The molecule has 1 unspecified atom stereocenters. The minimum Gasteiger partial charge on any atom is -0.394 e. The van der Waals surface area contributed by atoms with Gasteiger partial charge in [-0.1, -0.05) is 32.1 Å². The van der Waals surface area contributed by atoms with Gasteiger partial charge in [-0.15, -0.1) is 0 Å². The molecule has 3 heteroatoms. The first kappa shape index (κ1) is 11.5. The van der Waals surface area contributed by atoms with Crippen molar-refractivity contribution in [1.29, 1.82) is 5.26 Å². The normalized spacial score (nSPS) is 20.3. The van der Waals surface area contributed by atoms with E-state index in [0.29, 0.717) is 5.92 Å². The zero-order chi connectivity index (χ0) is 10.2. The first-order chi connectivity index (χ1) is 6.86. The fraction of sp³-hybridized carbons (Fsp3) is 0.909. The summed E-state index contributed by atoms with van der Waals surface area (Å²) < 4.78 is 5.23. The Balaban J connectivity index is 2.21. The van der Waals surface area contributed by atoms with Gasteiger partial charge in [0.25, 0.3) is 0 Å². The zero-order valence-corrected chi connectivity index (χ0v) is 8.61. The van der Waals surface area contributed by atoms with E-state index in [0.717, 1.165) is 6.42 Å². The molecule has 1 atom stereocenters. The predicted molar refractivity (Wildman–Crippen MR) is 53.6 cm³/mol. The molecule has 1 aliphatic carbocycles. The molecule has 0 aromatic heterocycles. The Morgan fingerprint density at radius 2 is 2.07 bits per heavy atom. The van der Waals surface area contributed by atoms with E-state index in [-0.39, 0.29) is 19.3 Å². The minimum atomic E-state index is -0.315. The fourth-order valence-corrected chi connectivity index (χ4v) is 2.08. The molecule has 0 aliphatic heterocycles. The third-order valence-electron chi connectivity index (χ3n) is 2.83. The Kier molecular flexibility index (Phi) is 5.58. The molecule has 1 N–H and O–H groups in total. The Labute approximate surface area is 85.7 Å². The van der Waals surface area contributed by atoms with Crippen LogP contribution in [0.2, 0.25) is 0 Å². The van der Waals surface area contributed by atoms with Crippen LogP contribution in [-0.4, -0.2) is 24.4 Å². The van der Waals surface area contributed by atoms with Gasteiger partial charge < -0.3 is 9.84 Å². The maximum absolute atomic E-state index is 8.83. The van der Waals surface area contributed by atoms with Gasteiger partial charge in [0.1, 0.15) is 6.10 Å². The van der Waals surface area contributed by atoms with Crippen LogP contribution in [0.3, 0.4) is 0 Å². The topological polar surface area (TPSA) is 53.2 Å². The molecule has 1 rings (SSSR count). The summed E-state index contributed by atoms with van der Waals surface area (Å²) in [5, 5.41) is 17.4. The highest BCUT2D eigenvalue weighted by molar-refractivity contribution is 4.86. The predicted octanol–water partition coefficient (Wildman–Crippen LogP) is 1.86. The highest BCUT2D eigenvalue weighted by Gasteiger charge is 2.18. The second kappa shape index (κ2) is 6.80. The van der Waals surface area contributed by atoms with Crippen molar-refractivity contribution in [3.8, 4) is 6.07 Å². The van der Waals surface area contributed by atoms with E-state index < -0.39 is 0 Å². The van der Waals surface area contributed by atoms with Gasteiger partial charge in [0.05, 0.1) is 19.3 Å². The largest absolute Gasteiger partial charge is 0.394 e. The van der Waals surface area contributed by atoms with Gasteiger partial charge >= 0.3 is 0 Å². The lowest BCUT2D eigenvalue weighted by atomic mass is 9.85. The van der Waals surface area contributed by atoms with Gasteiger partial charge in [-0.25, -0.2) is 0 Å². The van der Waals surface area contributed by atoms with Gasteiger partial charge in [-0.05, 0) is 12.3 Å². The molecule has 0 bridgehead atoms. The number of hydrogen-bond acceptors (Lipinski definition) is 3. The average molecular weight is 197 g/mol. The first-order valence-corrected chi connectivity index (χ1v) is 5.49. The van der Waals surface area contributed by atoms with Gasteiger partial charge in [0.15, 0.2) is 0 Å². The number of nitriles is 1. The molecular weight excluding hydrogens is 178 g/mol. The number of hydrogen-bond donors (Lipinski definition) is 1. The van der Waals surface area contributed by atoms with Crippen molar-refractivity contribution in [3.05, 3.63) is 0 Å². The van der Waals surface area contributed by atoms with Gasteiger partial charge in [-0.2, -0.15) is 5.26 Å². The number of rotatable bonds is 5. The quantitative estimate of drug-likeness (QED) is 0.732. The van der Waals surface area contributed by atoms with Crippen LogP contribution in [0.5, 0.6) is 0 Å². The molecule has 3 nitrogen and oxygen atoms in total. The van der Waals surface area contributed by atoms with E-state index in [1.807, 2.05) is 0 Å². The second-order valence-electron chi connectivity index (χ2n) is 3.95. The summed E-state index contributed by atoms with van der Waals surface area (Å²) in [6, 6.07) is 2.15. The van der Waals surface area contributed by atoms with Gasteiger partial charge in [0.2, 0.25) is 0 Å². The smallest absolute Gasteiger partial charge is 0.144 e. The van der Waals surface area contributed by atoms with Crippen LogP contribution in [0.1, 0.15) is 38.5 Å². The summed E-state index contributed by atoms with van der Waals surface area (Å²) in [6.45, 7) is 0.286. The third-order valence-corrected chi connectivity index (χ3v) is 2.83. The first-order valence-electron chi connectivity index (χ1n) is 5.49. The molecule has 0 aromatic rings. The van der Waals surface area contributed by atoms with E-state index in [1.165, 1.54) is 32.1 Å². The summed E-state index contributed by atoms with van der Waals surface area (Å²) in [6.07, 6.45) is 6.93. The van der Waals surface area contributed by atoms with Crippen LogP contribution in [0, 0.1) is 17.2 Å². The summed E-state index contributed by atoms with van der Waals surface area (Å²) in [5.74, 6) is 0.659. The summed E-state index contributed by atoms with van der Waals surface area (Å²) >= 11 is 0. The lowest BCUT2D eigenvalue weighted by Gasteiger charge is -2.23. The molecule has 0 amide bonds. The Morgan fingerprint density at radius 3 is 2.64 bits per heavy atom. The van der Waals surface area contributed by atoms with E-state index in [9.17, 15) is 0 Å². The lowest BCUT2D eigenvalue weighted by molar-refractivity contribution is 0.0421. The Morgan fingerprint density at radius 1 is 1.36 bits per heavy atom. The van der Waals surface area contributed by atoms with E-state index in [2.05, 4.69) is 6.07 Å². The summed E-state index contributed by atoms with van der Waals surface area (Å²) in [4.78, 5) is 0. The average Bonchev–Trinajstić information content (AvgIpc) is 2.25. The number of aliphatic hydroxyl groups excluding tert-OH is 1. The molecular formula is C11H19NO2. The van der Waals surface area contributed by atoms with Crippen LogP contribution in [0.15, 0.2) is 0 Å². The van der Waals surface area contributed by atoms with Crippen LogP contribution in [-0.2, 0) is 4.74 Å². The Hall–Kier alpha value is -0.590. The van der Waals surface area contributed by atoms with Crippen molar-refractivity contribution < 1.29 is 9.84 Å². The van der Waals surface area contributed by atoms with Crippen molar-refractivity contribution in [2.75, 3.05) is 13.2 Å². The van der Waals surface area contributed by atoms with Crippen molar-refractivity contribution in [2.24, 2.45) is 5.92 Å². The molecule has 0 radical (unpaired) electrons. The highest BCUT2D eigenvalue weighted by Crippen LogP contribution is 2.27. The Bertz CT molecular complexity index is 182. The monoisotopic (exact) mass is 197 g/mol. The summed E-state index contributed by atoms with van der Waals surface area (Å²) in [5.41, 5.74) is 0. The minimum absolute atomic E-state index is 0.00282. The van der Waals surface area contributed by atoms with Crippen molar-refractivity contribution in [1.82, 2.24) is 0 Å². The molecule has 0 spiro atoms. The van der Waals surface area contributed by atoms with E-state index >= 15 is 0 Å². The number of ether oxygens (including phenoxy) is 1. The maximum Gasteiger partial charge on any atom is 0.144 e. The molecule has 1 fully saturated rings. The molecule has 0 saturated heterocycles. The molecule has 14 heavy (non-hydrogen) atoms. The fourth-order valence-electron chi connectivity index (χ4n) is 2.08. The summed E-state index contributed by atoms with van der Waals surface area (Å²) in [7, 11) is 0. The standard InChI is InChI=1S/C11H19NO2/c12-9-11(14-7-6-13)8-10-4-2-1-3-5-10/h10-11,13H,1-8H2. The molecule has 1 saturated carbocycles. The molecule has 1 aliphatic rings. The highest BCUT2D eigenvalue weighted by atomic mass is 16.5. The van der Waals surface area contributed by atoms with Gasteiger partial charge in [0, 0.05) is 0 Å². The molecule has 0 heterocycles. The van der Waals surface area contributed by atoms with Crippen molar-refractivity contribution in [3.63, 3.8) is 0 Å². The van der Waals surface area contributed by atoms with E-state index in [4.69, 9.17) is 15.1 Å². The van der Waals surface area contributed by atoms with E-state index in [1.54, 1.807) is 0 Å². The number of aliphatic hydroxyl groups is 1. The maximum atomic E-state index is 8.83. The zero-order valence-electron chi connectivity index (χ0n) is 8.61. The van der Waals surface area contributed by atoms with Crippen LogP contribution in [0.25, 0.3) is 0 Å². The van der Waals surface area contributed by atoms with Crippen LogP contribution >= 0.6 is 0 Å². The molecule has 80 valence electrons. The van der Waals surface area contributed by atoms with Gasteiger partial charge in [-0.3, -0.25) is 0 Å². The van der Waals surface area contributed by atoms with Crippen LogP contribution < -0.4 is 0 Å². The van der Waals surface area contributed by atoms with Crippen molar-refractivity contribution in [2.45, 2.75) is 44.6 Å². The lowest BCUT2D eigenvalue weighted by Crippen LogP contribution is -2.19. The second-order valence-corrected chi connectivity index (χ2v) is 3.95. The third kappa shape index (κ3) is 4.08. The number of nitrogens with zero attached hydrogens (tertiary/aromatic N) is 1.